The number of ether oxygens (including phenoxy) is 4. The Balaban J connectivity index is 1.01. The molecular formula is C41H51N7O22S3. The van der Waals surface area contributed by atoms with Crippen LogP contribution in [0, 0.1) is 0 Å². The van der Waals surface area contributed by atoms with E-state index in [2.05, 4.69) is 31.6 Å². The van der Waals surface area contributed by atoms with Crippen LogP contribution in [0.3, 0.4) is 0 Å². The van der Waals surface area contributed by atoms with Crippen LogP contribution < -0.4 is 37.8 Å². The van der Waals surface area contributed by atoms with Gasteiger partial charge in [-0.25, -0.2) is 4.79 Å². The zero-order chi connectivity index (χ0) is 53.8. The molecule has 5 rings (SSSR count). The molecule has 6 unspecified atom stereocenters. The number of hydrogen-bond donors (Lipinski definition) is 13. The number of aliphatic hydroxyl groups excluding tert-OH is 3. The standard InChI is InChI=1S/C41H51N7O22S3/c1-21-36(53)37(54)38(55)40(70-21)69-18-25(46-39(56)29-16-32(50)48-41(57)47-29)5-6-31(49)42-7-8-43-33(51)19-67-9-10-68-20-34(52)45-24-4-2-3-22(11-24)17-44-28-14-26(71(58,59)60)12-23-13-27(72(61,62)63)15-30(35(23)28)73(64,65)66/h2-4,11-16,21,25,36-38,40,44,53-55H,5-10,17-20H2,1H3,(H,42,49)(H,43,51)(H,45,52)(H,46,56)(H,58,59,60)(H,61,62,63)(H,64,65,66)(H2,47,48,50,57). The van der Waals surface area contributed by atoms with Crippen molar-refractivity contribution in [3.63, 3.8) is 0 Å². The molecule has 0 saturated carbocycles. The summed E-state index contributed by atoms with van der Waals surface area (Å²) in [6, 6.07) is 8.73. The number of H-pyrrole nitrogens is 2. The summed E-state index contributed by atoms with van der Waals surface area (Å²) in [4.78, 5) is 75.0. The van der Waals surface area contributed by atoms with E-state index in [1.54, 1.807) is 6.07 Å². The van der Waals surface area contributed by atoms with Crippen LogP contribution in [0.15, 0.2) is 78.9 Å². The molecule has 0 spiro atoms. The van der Waals surface area contributed by atoms with E-state index in [0.717, 1.165) is 24.3 Å². The number of aromatic amines is 2. The number of anilines is 2. The van der Waals surface area contributed by atoms with Gasteiger partial charge in [-0.1, -0.05) is 12.1 Å². The normalized spacial score (nSPS) is 18.6. The Morgan fingerprint density at radius 2 is 1.38 bits per heavy atom. The Bertz CT molecular complexity index is 3100. The minimum absolute atomic E-state index is 0.0160. The highest BCUT2D eigenvalue weighted by molar-refractivity contribution is 7.87. The summed E-state index contributed by atoms with van der Waals surface area (Å²) in [7, 11) is -15.2. The van der Waals surface area contributed by atoms with Gasteiger partial charge < -0.3 is 65.8 Å². The quantitative estimate of drug-likeness (QED) is 0.0235. The largest absolute Gasteiger partial charge is 0.388 e. The lowest BCUT2D eigenvalue weighted by Crippen LogP contribution is -2.58. The average molecular weight is 1090 g/mol. The van der Waals surface area contributed by atoms with Crippen LogP contribution in [-0.2, 0) is 70.2 Å². The molecular weight excluding hydrogens is 1040 g/mol. The van der Waals surface area contributed by atoms with Crippen molar-refractivity contribution in [3.8, 4) is 0 Å². The van der Waals surface area contributed by atoms with E-state index >= 15 is 0 Å². The zero-order valence-corrected chi connectivity index (χ0v) is 40.6. The van der Waals surface area contributed by atoms with Crippen molar-refractivity contribution in [3.05, 3.63) is 86.7 Å². The smallest absolute Gasteiger partial charge is 0.326 e. The summed E-state index contributed by atoms with van der Waals surface area (Å²) in [5.74, 6) is -2.57. The van der Waals surface area contributed by atoms with Gasteiger partial charge in [0.1, 0.15) is 42.1 Å². The molecule has 3 aromatic carbocycles. The van der Waals surface area contributed by atoms with Gasteiger partial charge in [-0.15, -0.1) is 0 Å². The van der Waals surface area contributed by atoms with Crippen molar-refractivity contribution < 1.29 is 92.4 Å². The fourth-order valence-electron chi connectivity index (χ4n) is 6.93. The van der Waals surface area contributed by atoms with E-state index in [4.69, 9.17) is 18.9 Å². The third kappa shape index (κ3) is 17.2. The third-order valence-electron chi connectivity index (χ3n) is 10.5. The van der Waals surface area contributed by atoms with Gasteiger partial charge in [-0.05, 0) is 60.7 Å². The molecule has 0 radical (unpaired) electrons. The van der Waals surface area contributed by atoms with Crippen LogP contribution in [0.2, 0.25) is 0 Å². The molecule has 400 valence electrons. The summed E-state index contributed by atoms with van der Waals surface area (Å²) in [5.41, 5.74) is -1.79. The van der Waals surface area contributed by atoms with Crippen molar-refractivity contribution in [1.82, 2.24) is 25.9 Å². The number of fused-ring (bicyclic) bond motifs is 1. The molecule has 13 N–H and O–H groups in total. The molecule has 1 fully saturated rings. The molecule has 6 atom stereocenters. The van der Waals surface area contributed by atoms with Gasteiger partial charge in [0.25, 0.3) is 41.8 Å². The molecule has 1 aliphatic heterocycles. The topological polar surface area (TPSA) is 455 Å². The number of carbonyl (C=O) groups excluding carboxylic acids is 4. The first-order valence-electron chi connectivity index (χ1n) is 21.5. The van der Waals surface area contributed by atoms with E-state index in [1.807, 2.05) is 4.98 Å². The van der Waals surface area contributed by atoms with Gasteiger partial charge in [0.15, 0.2) is 6.29 Å². The molecule has 0 bridgehead atoms. The summed E-state index contributed by atoms with van der Waals surface area (Å²) in [5, 5.41) is 42.5. The predicted molar refractivity (Wildman–Crippen MR) is 250 cm³/mol. The predicted octanol–water partition coefficient (Wildman–Crippen LogP) is -2.80. The lowest BCUT2D eigenvalue weighted by molar-refractivity contribution is -0.294. The van der Waals surface area contributed by atoms with Crippen molar-refractivity contribution in [2.24, 2.45) is 0 Å². The maximum atomic E-state index is 12.8. The molecule has 4 amide bonds. The van der Waals surface area contributed by atoms with Gasteiger partial charge in [0, 0.05) is 48.9 Å². The van der Waals surface area contributed by atoms with E-state index in [-0.39, 0.29) is 69.1 Å². The number of hydrogen-bond acceptors (Lipinski definition) is 20. The second kappa shape index (κ2) is 25.1. The highest BCUT2D eigenvalue weighted by Gasteiger charge is 2.42. The number of carbonyl (C=O) groups is 4. The summed E-state index contributed by atoms with van der Waals surface area (Å²) in [6.07, 6.45) is -7.31. The molecule has 1 aromatic heterocycles. The fourth-order valence-corrected chi connectivity index (χ4v) is 8.85. The summed E-state index contributed by atoms with van der Waals surface area (Å²) in [6.45, 7) is -0.244. The number of aliphatic hydroxyl groups is 3. The number of benzene rings is 3. The van der Waals surface area contributed by atoms with Crippen LogP contribution in [0.5, 0.6) is 0 Å². The summed E-state index contributed by atoms with van der Waals surface area (Å²) < 4.78 is 123. The van der Waals surface area contributed by atoms with Crippen molar-refractivity contribution in [2.45, 2.75) is 77.7 Å². The molecule has 1 aliphatic rings. The van der Waals surface area contributed by atoms with Gasteiger partial charge >= 0.3 is 5.69 Å². The highest BCUT2D eigenvalue weighted by atomic mass is 32.2. The minimum Gasteiger partial charge on any atom is -0.388 e. The van der Waals surface area contributed by atoms with Crippen LogP contribution in [0.4, 0.5) is 11.4 Å². The monoisotopic (exact) mass is 1090 g/mol. The molecule has 32 heteroatoms. The third-order valence-corrected chi connectivity index (χ3v) is 13.0. The van der Waals surface area contributed by atoms with E-state index in [1.165, 1.54) is 25.1 Å². The first-order chi connectivity index (χ1) is 34.2. The first kappa shape index (κ1) is 57.6. The highest BCUT2D eigenvalue weighted by Crippen LogP contribution is 2.36. The molecule has 29 nitrogen and oxygen atoms in total. The Morgan fingerprint density at radius 1 is 0.753 bits per heavy atom. The van der Waals surface area contributed by atoms with Crippen molar-refractivity contribution in [2.75, 3.05) is 56.8 Å². The van der Waals surface area contributed by atoms with Crippen LogP contribution in [-0.4, -0.2) is 171 Å². The van der Waals surface area contributed by atoms with Gasteiger partial charge in [-0.2, -0.15) is 25.3 Å². The minimum atomic E-state index is -5.19. The maximum Gasteiger partial charge on any atom is 0.326 e. The molecule has 0 aliphatic carbocycles. The molecule has 4 aromatic rings. The lowest BCUT2D eigenvalue weighted by atomic mass is 10.00. The number of nitrogens with one attached hydrogen (secondary N) is 7. The summed E-state index contributed by atoms with van der Waals surface area (Å²) >= 11 is 0. The first-order valence-corrected chi connectivity index (χ1v) is 25.8. The Labute approximate surface area is 414 Å². The molecule has 1 saturated heterocycles. The Morgan fingerprint density at radius 3 is 2.01 bits per heavy atom. The number of amides is 4. The van der Waals surface area contributed by atoms with E-state index in [9.17, 15) is 83.0 Å². The van der Waals surface area contributed by atoms with Crippen LogP contribution in [0.25, 0.3) is 10.8 Å². The average Bonchev–Trinajstić information content (AvgIpc) is 3.30. The second-order valence-corrected chi connectivity index (χ2v) is 20.3. The van der Waals surface area contributed by atoms with E-state index in [0.29, 0.717) is 11.6 Å². The van der Waals surface area contributed by atoms with Crippen molar-refractivity contribution in [1.29, 1.82) is 0 Å². The zero-order valence-electron chi connectivity index (χ0n) is 38.2. The SMILES string of the molecule is CC1OC(OCC(CCC(=O)NCCNC(=O)COCCOCC(=O)Nc2cccc(CNc3cc(S(=O)(=O)O)cc4cc(S(=O)(=O)O)cc(S(=O)(=O)O)c34)c2)NC(=O)c2cc(=O)[nH]c(=O)[nH]2)C(O)C(O)C1O. The fraction of sp³-hybridized carbons (Fsp3) is 0.415. The van der Waals surface area contributed by atoms with Crippen molar-refractivity contribution >= 4 is 76.1 Å². The van der Waals surface area contributed by atoms with Crippen LogP contribution in [0.1, 0.15) is 35.8 Å². The Kier molecular flexibility index (Phi) is 19.8. The second-order valence-electron chi connectivity index (χ2n) is 16.0. The van der Waals surface area contributed by atoms with E-state index < -0.39 is 141 Å². The van der Waals surface area contributed by atoms with Gasteiger partial charge in [0.2, 0.25) is 17.7 Å². The number of rotatable bonds is 25. The van der Waals surface area contributed by atoms with Crippen LogP contribution >= 0.6 is 0 Å². The number of aromatic nitrogens is 2. The lowest BCUT2D eigenvalue weighted by Gasteiger charge is -2.39. The Hall–Kier alpha value is -6.27. The van der Waals surface area contributed by atoms with Gasteiger partial charge in [-0.3, -0.25) is 42.6 Å². The molecule has 2 heterocycles. The van der Waals surface area contributed by atoms with Gasteiger partial charge in [0.05, 0.1) is 41.8 Å². The molecule has 73 heavy (non-hydrogen) atoms. The maximum absolute atomic E-state index is 12.8.